The second-order valence-corrected chi connectivity index (χ2v) is 6.26. The average Bonchev–Trinajstić information content (AvgIpc) is 2.89. The summed E-state index contributed by atoms with van der Waals surface area (Å²) in [6.07, 6.45) is 1.13. The predicted octanol–water partition coefficient (Wildman–Crippen LogP) is 4.33. The fourth-order valence-electron chi connectivity index (χ4n) is 3.52. The quantitative estimate of drug-likeness (QED) is 0.834. The van der Waals surface area contributed by atoms with Gasteiger partial charge in [0.1, 0.15) is 0 Å². The minimum Gasteiger partial charge on any atom is -0.375 e. The summed E-state index contributed by atoms with van der Waals surface area (Å²) in [6.45, 7) is 5.97. The van der Waals surface area contributed by atoms with Crippen LogP contribution in [0.5, 0.6) is 0 Å². The van der Waals surface area contributed by atoms with Crippen molar-refractivity contribution in [2.75, 3.05) is 23.3 Å². The molecule has 2 heterocycles. The van der Waals surface area contributed by atoms with Gasteiger partial charge in [-0.15, -0.1) is 0 Å². The van der Waals surface area contributed by atoms with Crippen molar-refractivity contribution in [1.29, 1.82) is 0 Å². The highest BCUT2D eigenvalue weighted by Crippen LogP contribution is 2.46. The Morgan fingerprint density at radius 1 is 1.18 bits per heavy atom. The number of rotatable bonds is 2. The second kappa shape index (κ2) is 5.16. The molecule has 0 bridgehead atoms. The number of nitrogens with zero attached hydrogens (tertiary/aromatic N) is 2. The lowest BCUT2D eigenvalue weighted by atomic mass is 10.0. The molecule has 2 aromatic carbocycles. The van der Waals surface area contributed by atoms with Crippen LogP contribution in [0.2, 0.25) is 0 Å². The van der Waals surface area contributed by atoms with Gasteiger partial charge in [-0.2, -0.15) is 0 Å². The summed E-state index contributed by atoms with van der Waals surface area (Å²) in [5.41, 5.74) is 7.85. The lowest BCUT2D eigenvalue weighted by Gasteiger charge is -2.21. The van der Waals surface area contributed by atoms with Crippen molar-refractivity contribution < 1.29 is 0 Å². The number of hydrogen-bond donors (Lipinski definition) is 1. The molecule has 0 aliphatic carbocycles. The minimum atomic E-state index is 0.231. The van der Waals surface area contributed by atoms with E-state index in [4.69, 9.17) is 0 Å². The number of fused-ring (bicyclic) bond motifs is 2. The van der Waals surface area contributed by atoms with Crippen molar-refractivity contribution in [3.8, 4) is 0 Å². The van der Waals surface area contributed by atoms with E-state index in [1.807, 2.05) is 0 Å². The zero-order valence-corrected chi connectivity index (χ0v) is 13.1. The maximum atomic E-state index is 4.67. The lowest BCUT2D eigenvalue weighted by Crippen LogP contribution is -2.14. The highest BCUT2D eigenvalue weighted by molar-refractivity contribution is 5.84. The van der Waals surface area contributed by atoms with Crippen LogP contribution in [-0.4, -0.2) is 18.8 Å². The lowest BCUT2D eigenvalue weighted by molar-refractivity contribution is 0.795. The van der Waals surface area contributed by atoms with Crippen molar-refractivity contribution in [3.63, 3.8) is 0 Å². The maximum absolute atomic E-state index is 4.67. The van der Waals surface area contributed by atoms with E-state index in [-0.39, 0.29) is 6.04 Å². The Morgan fingerprint density at radius 3 is 2.91 bits per heavy atom. The number of nitrogens with one attached hydrogen (secondary N) is 1. The van der Waals surface area contributed by atoms with Gasteiger partial charge in [0.2, 0.25) is 0 Å². The normalized spacial score (nSPS) is 18.1. The summed E-state index contributed by atoms with van der Waals surface area (Å²) >= 11 is 0. The van der Waals surface area contributed by atoms with E-state index in [1.54, 1.807) is 0 Å². The average molecular weight is 291 g/mol. The summed E-state index contributed by atoms with van der Waals surface area (Å²) in [7, 11) is 0. The van der Waals surface area contributed by atoms with Crippen LogP contribution in [-0.2, 0) is 6.42 Å². The summed E-state index contributed by atoms with van der Waals surface area (Å²) < 4.78 is 0. The highest BCUT2D eigenvalue weighted by atomic mass is 15.2. The first-order valence-corrected chi connectivity index (χ1v) is 7.96. The van der Waals surface area contributed by atoms with Gasteiger partial charge in [-0.25, -0.2) is 0 Å². The summed E-state index contributed by atoms with van der Waals surface area (Å²) in [5, 5.41) is 3.71. The van der Waals surface area contributed by atoms with Crippen LogP contribution in [0, 0.1) is 0 Å². The van der Waals surface area contributed by atoms with Gasteiger partial charge in [-0.1, -0.05) is 30.3 Å². The van der Waals surface area contributed by atoms with Crippen LogP contribution in [0.25, 0.3) is 0 Å². The van der Waals surface area contributed by atoms with E-state index in [0.29, 0.717) is 0 Å². The molecule has 2 aromatic rings. The molecule has 112 valence electrons. The van der Waals surface area contributed by atoms with Crippen LogP contribution < -0.4 is 10.2 Å². The SMILES string of the molecule is CC(C)=NCC1Nc2ccccc2N2CCc3cccc1c32. The molecule has 0 aromatic heterocycles. The number of benzene rings is 2. The van der Waals surface area contributed by atoms with Gasteiger partial charge < -0.3 is 10.2 Å². The highest BCUT2D eigenvalue weighted by Gasteiger charge is 2.31. The Morgan fingerprint density at radius 2 is 2.05 bits per heavy atom. The number of hydrogen-bond acceptors (Lipinski definition) is 3. The zero-order chi connectivity index (χ0) is 15.1. The molecule has 0 saturated heterocycles. The first-order chi connectivity index (χ1) is 10.7. The van der Waals surface area contributed by atoms with Crippen molar-refractivity contribution in [1.82, 2.24) is 0 Å². The fourth-order valence-corrected chi connectivity index (χ4v) is 3.52. The zero-order valence-electron chi connectivity index (χ0n) is 13.1. The topological polar surface area (TPSA) is 27.6 Å². The maximum Gasteiger partial charge on any atom is 0.0730 e. The van der Waals surface area contributed by atoms with E-state index in [2.05, 4.69) is 71.5 Å². The van der Waals surface area contributed by atoms with Gasteiger partial charge in [0.05, 0.1) is 24.0 Å². The molecular formula is C19H21N3. The van der Waals surface area contributed by atoms with Gasteiger partial charge in [0.25, 0.3) is 0 Å². The number of aliphatic imine (C=N–C) groups is 1. The molecule has 2 aliphatic rings. The van der Waals surface area contributed by atoms with Crippen molar-refractivity contribution in [2.24, 2.45) is 4.99 Å². The molecule has 4 rings (SSSR count). The number of para-hydroxylation sites is 3. The third-order valence-corrected chi connectivity index (χ3v) is 4.52. The van der Waals surface area contributed by atoms with Crippen LogP contribution in [0.1, 0.15) is 31.0 Å². The Kier molecular flexibility index (Phi) is 3.14. The Hall–Kier alpha value is -2.29. The van der Waals surface area contributed by atoms with E-state index in [1.165, 1.54) is 28.2 Å². The molecule has 3 heteroatoms. The third kappa shape index (κ3) is 2.08. The molecule has 3 nitrogen and oxygen atoms in total. The third-order valence-electron chi connectivity index (χ3n) is 4.52. The summed E-state index contributed by atoms with van der Waals surface area (Å²) in [5.74, 6) is 0. The molecule has 0 amide bonds. The molecule has 0 radical (unpaired) electrons. The van der Waals surface area contributed by atoms with Gasteiger partial charge in [0, 0.05) is 23.5 Å². The minimum absolute atomic E-state index is 0.231. The van der Waals surface area contributed by atoms with Crippen molar-refractivity contribution in [2.45, 2.75) is 26.3 Å². The monoisotopic (exact) mass is 291 g/mol. The van der Waals surface area contributed by atoms with Crippen molar-refractivity contribution >= 4 is 22.8 Å². The molecule has 1 atom stereocenters. The Labute approximate surface area is 131 Å². The molecule has 0 saturated carbocycles. The molecule has 0 spiro atoms. The summed E-state index contributed by atoms with van der Waals surface area (Å²) in [6, 6.07) is 15.5. The standard InChI is InChI=1S/C19H21N3/c1-13(2)20-12-17-15-7-5-6-14-10-11-22(19(14)15)18-9-4-3-8-16(18)21-17/h3-9,17,21H,10-12H2,1-2H3. The second-order valence-electron chi connectivity index (χ2n) is 6.26. The Balaban J connectivity index is 1.88. The number of anilines is 3. The van der Waals surface area contributed by atoms with Crippen LogP contribution in [0.4, 0.5) is 17.1 Å². The molecule has 22 heavy (non-hydrogen) atoms. The first kappa shape index (κ1) is 13.4. The largest absolute Gasteiger partial charge is 0.375 e. The van der Waals surface area contributed by atoms with E-state index in [9.17, 15) is 0 Å². The fraction of sp³-hybridized carbons (Fsp3) is 0.316. The molecule has 1 unspecified atom stereocenters. The molecular weight excluding hydrogens is 270 g/mol. The van der Waals surface area contributed by atoms with E-state index in [0.717, 1.165) is 25.2 Å². The van der Waals surface area contributed by atoms with Crippen LogP contribution >= 0.6 is 0 Å². The molecule has 2 aliphatic heterocycles. The molecule has 1 N–H and O–H groups in total. The predicted molar refractivity (Wildman–Crippen MR) is 93.6 cm³/mol. The van der Waals surface area contributed by atoms with Crippen LogP contribution in [0.15, 0.2) is 47.5 Å². The Bertz CT molecular complexity index is 744. The first-order valence-electron chi connectivity index (χ1n) is 7.96. The van der Waals surface area contributed by atoms with Gasteiger partial charge in [0.15, 0.2) is 0 Å². The van der Waals surface area contributed by atoms with Gasteiger partial charge >= 0.3 is 0 Å². The van der Waals surface area contributed by atoms with Gasteiger partial charge in [-0.05, 0) is 38.0 Å². The van der Waals surface area contributed by atoms with Gasteiger partial charge in [-0.3, -0.25) is 4.99 Å². The summed E-state index contributed by atoms with van der Waals surface area (Å²) in [4.78, 5) is 7.14. The van der Waals surface area contributed by atoms with Crippen molar-refractivity contribution in [3.05, 3.63) is 53.6 Å². The molecule has 0 fully saturated rings. The van der Waals surface area contributed by atoms with Crippen LogP contribution in [0.3, 0.4) is 0 Å². The van der Waals surface area contributed by atoms with E-state index < -0.39 is 0 Å². The smallest absolute Gasteiger partial charge is 0.0730 e. The van der Waals surface area contributed by atoms with E-state index >= 15 is 0 Å².